The van der Waals surface area contributed by atoms with Crippen LogP contribution in [0.5, 0.6) is 0 Å². The summed E-state index contributed by atoms with van der Waals surface area (Å²) in [5.74, 6) is -1.18. The van der Waals surface area contributed by atoms with Crippen molar-refractivity contribution >= 4 is 29.1 Å². The number of rotatable bonds is 4. The standard InChI is InChI=1S/C17H16FN3O2S/c18-14-9-7-13(8-10-14)16(23)19-17(24)21-20-15(22)11-6-12-4-2-1-3-5-12/h1-5,7-10H,6,11H2,(H,20,22)(H2,19,21,23,24). The van der Waals surface area contributed by atoms with Gasteiger partial charge in [0.2, 0.25) is 5.91 Å². The molecule has 0 aliphatic heterocycles. The molecule has 7 heteroatoms. The van der Waals surface area contributed by atoms with Gasteiger partial charge in [-0.25, -0.2) is 4.39 Å². The second kappa shape index (κ2) is 8.73. The van der Waals surface area contributed by atoms with Gasteiger partial charge in [-0.1, -0.05) is 30.3 Å². The van der Waals surface area contributed by atoms with Crippen LogP contribution in [0.3, 0.4) is 0 Å². The predicted molar refractivity (Wildman–Crippen MR) is 92.5 cm³/mol. The lowest BCUT2D eigenvalue weighted by Gasteiger charge is -2.10. The van der Waals surface area contributed by atoms with Crippen molar-refractivity contribution in [2.75, 3.05) is 0 Å². The number of carbonyl (C=O) groups excluding carboxylic acids is 2. The molecule has 0 saturated heterocycles. The summed E-state index contributed by atoms with van der Waals surface area (Å²) in [5.41, 5.74) is 6.19. The number of hydrogen-bond acceptors (Lipinski definition) is 3. The number of benzene rings is 2. The van der Waals surface area contributed by atoms with Gasteiger partial charge in [-0.05, 0) is 48.5 Å². The summed E-state index contributed by atoms with van der Waals surface area (Å²) in [6.07, 6.45) is 0.884. The first-order chi connectivity index (χ1) is 11.5. The molecule has 0 aliphatic carbocycles. The smallest absolute Gasteiger partial charge is 0.257 e. The molecule has 0 radical (unpaired) electrons. The van der Waals surface area contributed by atoms with Crippen molar-refractivity contribution < 1.29 is 14.0 Å². The molecular weight excluding hydrogens is 329 g/mol. The van der Waals surface area contributed by atoms with Crippen molar-refractivity contribution in [3.8, 4) is 0 Å². The quantitative estimate of drug-likeness (QED) is 0.586. The molecule has 0 saturated carbocycles. The number of amides is 2. The average Bonchev–Trinajstić information content (AvgIpc) is 2.59. The van der Waals surface area contributed by atoms with Crippen LogP contribution in [0.25, 0.3) is 0 Å². The lowest BCUT2D eigenvalue weighted by Crippen LogP contribution is -2.48. The maximum absolute atomic E-state index is 12.8. The molecule has 0 atom stereocenters. The molecule has 124 valence electrons. The minimum atomic E-state index is -0.494. The van der Waals surface area contributed by atoms with Crippen LogP contribution in [0.4, 0.5) is 4.39 Å². The highest BCUT2D eigenvalue weighted by molar-refractivity contribution is 7.80. The second-order valence-corrected chi connectivity index (χ2v) is 5.36. The largest absolute Gasteiger partial charge is 0.298 e. The fourth-order valence-corrected chi connectivity index (χ4v) is 2.04. The van der Waals surface area contributed by atoms with Gasteiger partial charge in [-0.3, -0.25) is 25.8 Å². The van der Waals surface area contributed by atoms with E-state index in [1.807, 2.05) is 30.3 Å². The first kappa shape index (κ1) is 17.6. The highest BCUT2D eigenvalue weighted by atomic mass is 32.1. The monoisotopic (exact) mass is 345 g/mol. The fourth-order valence-electron chi connectivity index (χ4n) is 1.90. The molecule has 0 aliphatic rings. The Morgan fingerprint density at radius 1 is 0.958 bits per heavy atom. The Hall–Kier alpha value is -2.80. The van der Waals surface area contributed by atoms with E-state index in [0.717, 1.165) is 5.56 Å². The summed E-state index contributed by atoms with van der Waals surface area (Å²) in [7, 11) is 0. The predicted octanol–water partition coefficient (Wildman–Crippen LogP) is 2.09. The summed E-state index contributed by atoms with van der Waals surface area (Å²) in [4.78, 5) is 23.6. The molecule has 5 nitrogen and oxygen atoms in total. The molecule has 0 aromatic heterocycles. The van der Waals surface area contributed by atoms with Gasteiger partial charge in [-0.2, -0.15) is 0 Å². The van der Waals surface area contributed by atoms with E-state index in [4.69, 9.17) is 12.2 Å². The summed E-state index contributed by atoms with van der Waals surface area (Å²) in [5, 5.41) is 2.34. The van der Waals surface area contributed by atoms with Crippen LogP contribution < -0.4 is 16.2 Å². The Morgan fingerprint density at radius 2 is 1.62 bits per heavy atom. The Bertz CT molecular complexity index is 720. The van der Waals surface area contributed by atoms with Crippen molar-refractivity contribution in [3.05, 3.63) is 71.5 Å². The molecule has 2 amide bonds. The van der Waals surface area contributed by atoms with E-state index >= 15 is 0 Å². The van der Waals surface area contributed by atoms with Gasteiger partial charge in [0.1, 0.15) is 5.82 Å². The van der Waals surface area contributed by atoms with Crippen molar-refractivity contribution in [1.82, 2.24) is 16.2 Å². The molecule has 3 N–H and O–H groups in total. The van der Waals surface area contributed by atoms with Gasteiger partial charge in [-0.15, -0.1) is 0 Å². The Balaban J connectivity index is 1.71. The van der Waals surface area contributed by atoms with Crippen LogP contribution in [0, 0.1) is 5.82 Å². The molecule has 2 rings (SSSR count). The summed E-state index contributed by atoms with van der Waals surface area (Å²) >= 11 is 4.92. The Morgan fingerprint density at radius 3 is 2.29 bits per heavy atom. The maximum atomic E-state index is 12.8. The van der Waals surface area contributed by atoms with Crippen molar-refractivity contribution in [1.29, 1.82) is 0 Å². The SMILES string of the molecule is O=C(CCc1ccccc1)NNC(=S)NC(=O)c1ccc(F)cc1. The molecule has 24 heavy (non-hydrogen) atoms. The summed E-state index contributed by atoms with van der Waals surface area (Å²) < 4.78 is 12.8. The zero-order valence-electron chi connectivity index (χ0n) is 12.7. The normalized spacial score (nSPS) is 9.88. The fraction of sp³-hybridized carbons (Fsp3) is 0.118. The molecule has 2 aromatic carbocycles. The second-order valence-electron chi connectivity index (χ2n) is 4.95. The third-order valence-electron chi connectivity index (χ3n) is 3.13. The molecule has 0 fully saturated rings. The minimum absolute atomic E-state index is 0.0441. The van der Waals surface area contributed by atoms with E-state index in [1.54, 1.807) is 0 Å². The van der Waals surface area contributed by atoms with Crippen LogP contribution >= 0.6 is 12.2 Å². The van der Waals surface area contributed by atoms with E-state index < -0.39 is 11.7 Å². The first-order valence-electron chi connectivity index (χ1n) is 7.24. The lowest BCUT2D eigenvalue weighted by molar-refractivity contribution is -0.121. The first-order valence-corrected chi connectivity index (χ1v) is 7.65. The Kier molecular flexibility index (Phi) is 6.39. The number of nitrogens with one attached hydrogen (secondary N) is 3. The van der Waals surface area contributed by atoms with Gasteiger partial charge in [0.05, 0.1) is 0 Å². The lowest BCUT2D eigenvalue weighted by atomic mass is 10.1. The van der Waals surface area contributed by atoms with Crippen LogP contribution in [-0.2, 0) is 11.2 Å². The number of halogens is 1. The number of hydrazine groups is 1. The van der Waals surface area contributed by atoms with E-state index in [1.165, 1.54) is 24.3 Å². The van der Waals surface area contributed by atoms with E-state index in [-0.39, 0.29) is 23.0 Å². The highest BCUT2D eigenvalue weighted by Gasteiger charge is 2.08. The van der Waals surface area contributed by atoms with E-state index in [2.05, 4.69) is 16.2 Å². The zero-order chi connectivity index (χ0) is 17.4. The van der Waals surface area contributed by atoms with Crippen molar-refractivity contribution in [3.63, 3.8) is 0 Å². The number of aryl methyl sites for hydroxylation is 1. The Labute approximate surface area is 144 Å². The van der Waals surface area contributed by atoms with Crippen LogP contribution in [0.15, 0.2) is 54.6 Å². The van der Waals surface area contributed by atoms with Crippen molar-refractivity contribution in [2.45, 2.75) is 12.8 Å². The van der Waals surface area contributed by atoms with Gasteiger partial charge in [0, 0.05) is 12.0 Å². The molecular formula is C17H16FN3O2S. The van der Waals surface area contributed by atoms with Crippen LogP contribution in [-0.4, -0.2) is 16.9 Å². The topological polar surface area (TPSA) is 70.2 Å². The van der Waals surface area contributed by atoms with Gasteiger partial charge < -0.3 is 0 Å². The molecule has 2 aromatic rings. The third-order valence-corrected chi connectivity index (χ3v) is 3.34. The zero-order valence-corrected chi connectivity index (χ0v) is 13.5. The summed E-state index contributed by atoms with van der Waals surface area (Å²) in [6.45, 7) is 0. The molecule has 0 unspecified atom stereocenters. The molecule has 0 spiro atoms. The summed E-state index contributed by atoms with van der Waals surface area (Å²) in [6, 6.07) is 14.6. The number of hydrogen-bond donors (Lipinski definition) is 3. The average molecular weight is 345 g/mol. The van der Waals surface area contributed by atoms with Gasteiger partial charge >= 0.3 is 0 Å². The highest BCUT2D eigenvalue weighted by Crippen LogP contribution is 2.03. The van der Waals surface area contributed by atoms with Crippen LogP contribution in [0.2, 0.25) is 0 Å². The van der Waals surface area contributed by atoms with Crippen molar-refractivity contribution in [2.24, 2.45) is 0 Å². The minimum Gasteiger partial charge on any atom is -0.298 e. The number of thiocarbonyl (C=S) groups is 1. The number of carbonyl (C=O) groups is 2. The maximum Gasteiger partial charge on any atom is 0.257 e. The third kappa shape index (κ3) is 5.77. The van der Waals surface area contributed by atoms with Gasteiger partial charge in [0.25, 0.3) is 5.91 Å². The van der Waals surface area contributed by atoms with E-state index in [0.29, 0.717) is 6.42 Å². The van der Waals surface area contributed by atoms with Crippen LogP contribution in [0.1, 0.15) is 22.3 Å². The van der Waals surface area contributed by atoms with E-state index in [9.17, 15) is 14.0 Å². The molecule has 0 heterocycles. The van der Waals surface area contributed by atoms with Gasteiger partial charge in [0.15, 0.2) is 5.11 Å². The molecule has 0 bridgehead atoms.